The van der Waals surface area contributed by atoms with Crippen molar-refractivity contribution in [3.05, 3.63) is 0 Å². The second kappa shape index (κ2) is 10.4. The second-order valence-electron chi connectivity index (χ2n) is 1.97. The van der Waals surface area contributed by atoms with Crippen molar-refractivity contribution < 1.29 is 19.0 Å². The molecule has 0 saturated carbocycles. The zero-order chi connectivity index (χ0) is 9.98. The van der Waals surface area contributed by atoms with E-state index in [4.69, 9.17) is 0 Å². The molecule has 0 aromatic carbocycles. The molecule has 0 atom stereocenters. The van der Waals surface area contributed by atoms with E-state index in [1.807, 2.05) is 6.92 Å². The molecular formula is C8H18O4. The second-order valence-corrected chi connectivity index (χ2v) is 1.97. The number of ether oxygens (including phenoxy) is 3. The van der Waals surface area contributed by atoms with Crippen LogP contribution >= 0.6 is 0 Å². The third-order valence-electron chi connectivity index (χ3n) is 1.18. The summed E-state index contributed by atoms with van der Waals surface area (Å²) >= 11 is 0. The summed E-state index contributed by atoms with van der Waals surface area (Å²) in [5, 5.41) is 0. The predicted molar refractivity (Wildman–Crippen MR) is 45.8 cm³/mol. The summed E-state index contributed by atoms with van der Waals surface area (Å²) in [6, 6.07) is 0. The molecule has 0 unspecified atom stereocenters. The molecule has 0 aliphatic carbocycles. The first-order valence-corrected chi connectivity index (χ1v) is 3.74. The number of carbonyl (C=O) groups excluding carboxylic acids is 1. The van der Waals surface area contributed by atoms with Crippen LogP contribution in [0.1, 0.15) is 20.3 Å². The Balaban J connectivity index is 0. The summed E-state index contributed by atoms with van der Waals surface area (Å²) in [5.41, 5.74) is 0. The lowest BCUT2D eigenvalue weighted by molar-refractivity contribution is -0.140. The highest BCUT2D eigenvalue weighted by atomic mass is 16.7. The summed E-state index contributed by atoms with van der Waals surface area (Å²) in [4.78, 5) is 9.96. The summed E-state index contributed by atoms with van der Waals surface area (Å²) in [7, 11) is 4.59. The Hall–Kier alpha value is -0.610. The Kier molecular flexibility index (Phi) is 12.1. The monoisotopic (exact) mass is 178 g/mol. The van der Waals surface area contributed by atoms with E-state index in [9.17, 15) is 4.79 Å². The molecule has 12 heavy (non-hydrogen) atoms. The quantitative estimate of drug-likeness (QED) is 0.481. The first-order chi connectivity index (χ1) is 5.62. The van der Waals surface area contributed by atoms with Crippen LogP contribution in [-0.4, -0.2) is 33.6 Å². The van der Waals surface area contributed by atoms with Crippen molar-refractivity contribution in [2.24, 2.45) is 0 Å². The Labute approximate surface area is 73.8 Å². The average Bonchev–Trinajstić information content (AvgIpc) is 2.16. The number of carbonyl (C=O) groups is 1. The van der Waals surface area contributed by atoms with Crippen LogP contribution in [0.15, 0.2) is 0 Å². The zero-order valence-electron chi connectivity index (χ0n) is 8.42. The number of methoxy groups -OCH3 is 3. The van der Waals surface area contributed by atoms with Gasteiger partial charge in [0.05, 0.1) is 7.11 Å². The van der Waals surface area contributed by atoms with Gasteiger partial charge < -0.3 is 14.2 Å². The highest BCUT2D eigenvalue weighted by Gasteiger charge is 1.88. The Bertz CT molecular complexity index is 93.2. The zero-order valence-corrected chi connectivity index (χ0v) is 8.42. The smallest absolute Gasteiger partial charge is 0.305 e. The number of hydrogen-bond donors (Lipinski definition) is 0. The molecular weight excluding hydrogens is 160 g/mol. The molecule has 0 heterocycles. The van der Waals surface area contributed by atoms with Crippen LogP contribution in [-0.2, 0) is 19.0 Å². The van der Waals surface area contributed by atoms with Crippen molar-refractivity contribution in [3.8, 4) is 0 Å². The average molecular weight is 178 g/mol. The number of rotatable bonds is 3. The number of esters is 1. The van der Waals surface area contributed by atoms with Gasteiger partial charge in [-0.1, -0.05) is 6.92 Å². The van der Waals surface area contributed by atoms with Crippen LogP contribution in [0.3, 0.4) is 0 Å². The molecule has 4 nitrogen and oxygen atoms in total. The fourth-order valence-corrected chi connectivity index (χ4v) is 0.241. The van der Waals surface area contributed by atoms with Crippen molar-refractivity contribution in [3.63, 3.8) is 0 Å². The van der Waals surface area contributed by atoms with E-state index < -0.39 is 0 Å². The van der Waals surface area contributed by atoms with E-state index in [1.165, 1.54) is 7.11 Å². The van der Waals surface area contributed by atoms with Crippen molar-refractivity contribution in [2.75, 3.05) is 21.3 Å². The maximum absolute atomic E-state index is 9.96. The van der Waals surface area contributed by atoms with Crippen LogP contribution in [0.2, 0.25) is 0 Å². The fraction of sp³-hybridized carbons (Fsp3) is 0.875. The molecule has 0 bridgehead atoms. The fourth-order valence-electron chi connectivity index (χ4n) is 0.241. The lowest BCUT2D eigenvalue weighted by Gasteiger charge is -2.03. The van der Waals surface area contributed by atoms with Gasteiger partial charge in [0, 0.05) is 20.6 Å². The molecule has 74 valence electrons. The van der Waals surface area contributed by atoms with Crippen LogP contribution in [0.25, 0.3) is 0 Å². The number of hydrogen-bond acceptors (Lipinski definition) is 4. The van der Waals surface area contributed by atoms with Crippen LogP contribution < -0.4 is 0 Å². The maximum atomic E-state index is 9.96. The Morgan fingerprint density at radius 3 is 1.67 bits per heavy atom. The van der Waals surface area contributed by atoms with Crippen LogP contribution in [0.5, 0.6) is 0 Å². The van der Waals surface area contributed by atoms with E-state index in [-0.39, 0.29) is 12.3 Å². The highest BCUT2D eigenvalue weighted by Crippen LogP contribution is 1.83. The molecule has 0 saturated heterocycles. The van der Waals surface area contributed by atoms with E-state index >= 15 is 0 Å². The van der Waals surface area contributed by atoms with Gasteiger partial charge in [-0.25, -0.2) is 0 Å². The van der Waals surface area contributed by atoms with Crippen molar-refractivity contribution in [2.45, 2.75) is 26.6 Å². The molecule has 0 spiro atoms. The van der Waals surface area contributed by atoms with Crippen molar-refractivity contribution >= 4 is 5.97 Å². The largest absolute Gasteiger partial charge is 0.469 e. The van der Waals surface area contributed by atoms with E-state index in [0.29, 0.717) is 6.42 Å². The van der Waals surface area contributed by atoms with Gasteiger partial charge in [0.15, 0.2) is 6.29 Å². The van der Waals surface area contributed by atoms with Gasteiger partial charge in [0.1, 0.15) is 0 Å². The minimum atomic E-state index is -0.157. The van der Waals surface area contributed by atoms with E-state index in [1.54, 1.807) is 21.1 Å². The molecule has 0 N–H and O–H groups in total. The minimum Gasteiger partial charge on any atom is -0.469 e. The molecule has 0 radical (unpaired) electrons. The van der Waals surface area contributed by atoms with Crippen LogP contribution in [0.4, 0.5) is 0 Å². The van der Waals surface area contributed by atoms with Gasteiger partial charge in [0.25, 0.3) is 0 Å². The molecule has 0 fully saturated rings. The molecule has 0 aromatic rings. The molecule has 0 aromatic heterocycles. The van der Waals surface area contributed by atoms with Gasteiger partial charge >= 0.3 is 5.97 Å². The van der Waals surface area contributed by atoms with Gasteiger partial charge in [-0.2, -0.15) is 0 Å². The van der Waals surface area contributed by atoms with E-state index in [2.05, 4.69) is 14.2 Å². The summed E-state index contributed by atoms with van der Waals surface area (Å²) in [5.74, 6) is -0.157. The van der Waals surface area contributed by atoms with Gasteiger partial charge in [-0.05, 0) is 6.92 Å². The predicted octanol–water partition coefficient (Wildman–Crippen LogP) is 1.19. The third-order valence-corrected chi connectivity index (χ3v) is 1.18. The van der Waals surface area contributed by atoms with Gasteiger partial charge in [0.2, 0.25) is 0 Å². The summed E-state index contributed by atoms with van der Waals surface area (Å²) in [6.07, 6.45) is 0.404. The lowest BCUT2D eigenvalue weighted by atomic mass is 10.5. The highest BCUT2D eigenvalue weighted by molar-refractivity contribution is 5.68. The molecule has 4 heteroatoms. The van der Waals surface area contributed by atoms with Crippen molar-refractivity contribution in [1.82, 2.24) is 0 Å². The normalized spacial score (nSPS) is 8.83. The molecule has 0 rings (SSSR count). The molecule has 0 aliphatic heterocycles. The first-order valence-electron chi connectivity index (χ1n) is 3.74. The molecule has 0 amide bonds. The standard InChI is InChI=1S/C4H10O2.C4H8O2/c1-4(5-2)6-3;1-3-4(5)6-2/h4H,1-3H3;3H2,1-2H3. The third kappa shape index (κ3) is 12.1. The van der Waals surface area contributed by atoms with Crippen LogP contribution in [0, 0.1) is 0 Å². The van der Waals surface area contributed by atoms with E-state index in [0.717, 1.165) is 0 Å². The topological polar surface area (TPSA) is 44.8 Å². The minimum absolute atomic E-state index is 0.0648. The maximum Gasteiger partial charge on any atom is 0.305 e. The van der Waals surface area contributed by atoms with Crippen molar-refractivity contribution in [1.29, 1.82) is 0 Å². The SMILES string of the molecule is CCC(=O)OC.COC(C)OC. The Morgan fingerprint density at radius 2 is 1.67 bits per heavy atom. The van der Waals surface area contributed by atoms with Gasteiger partial charge in [-0.15, -0.1) is 0 Å². The summed E-state index contributed by atoms with van der Waals surface area (Å²) < 4.78 is 13.6. The first kappa shape index (κ1) is 13.9. The Morgan fingerprint density at radius 1 is 1.25 bits per heavy atom. The summed E-state index contributed by atoms with van der Waals surface area (Å²) in [6.45, 7) is 3.59. The molecule has 0 aliphatic rings. The lowest BCUT2D eigenvalue weighted by Crippen LogP contribution is -2.05. The van der Waals surface area contributed by atoms with Gasteiger partial charge in [-0.3, -0.25) is 4.79 Å².